The van der Waals surface area contributed by atoms with Crippen molar-refractivity contribution in [2.75, 3.05) is 20.8 Å². The Morgan fingerprint density at radius 2 is 1.93 bits per heavy atom. The number of ether oxygens (including phenoxy) is 3. The lowest BCUT2D eigenvalue weighted by atomic mass is 10.2. The van der Waals surface area contributed by atoms with E-state index in [2.05, 4.69) is 15.5 Å². The molecular weight excluding hydrogens is 396 g/mol. The molecule has 0 unspecified atom stereocenters. The number of rotatable bonds is 10. The van der Waals surface area contributed by atoms with Gasteiger partial charge in [0.1, 0.15) is 12.2 Å². The Kier molecular flexibility index (Phi) is 8.32. The molecule has 1 atom stereocenters. The lowest BCUT2D eigenvalue weighted by Crippen LogP contribution is -2.30. The van der Waals surface area contributed by atoms with Gasteiger partial charge in [-0.25, -0.2) is 0 Å². The van der Waals surface area contributed by atoms with Crippen molar-refractivity contribution in [3.05, 3.63) is 29.6 Å². The number of carbonyl (C=O) groups is 2. The highest BCUT2D eigenvalue weighted by molar-refractivity contribution is 8.00. The van der Waals surface area contributed by atoms with E-state index in [0.29, 0.717) is 35.6 Å². The highest BCUT2D eigenvalue weighted by Crippen LogP contribution is 2.27. The van der Waals surface area contributed by atoms with Crippen molar-refractivity contribution in [3.8, 4) is 11.5 Å². The van der Waals surface area contributed by atoms with Crippen molar-refractivity contribution in [1.82, 2.24) is 20.1 Å². The Bertz CT molecular complexity index is 855. The number of carbonyl (C=O) groups excluding carboxylic acids is 2. The molecule has 9 nitrogen and oxygen atoms in total. The monoisotopic (exact) mass is 422 g/mol. The molecule has 2 rings (SSSR count). The van der Waals surface area contributed by atoms with Crippen LogP contribution in [-0.2, 0) is 34.3 Å². The van der Waals surface area contributed by atoms with Gasteiger partial charge in [-0.2, -0.15) is 0 Å². The summed E-state index contributed by atoms with van der Waals surface area (Å²) in [5.74, 6) is 1.23. The molecule has 1 aromatic carbocycles. The standard InChI is InChI=1S/C19H26N4O5S/c1-6-28-17(24)10-16-21-22-19(23(16)3)29-12(2)18(25)20-11-13-7-8-14(26-4)15(9-13)27-5/h7-9,12H,6,10-11H2,1-5H3,(H,20,25)/t12-/m0/s1. The van der Waals surface area contributed by atoms with E-state index in [1.54, 1.807) is 45.7 Å². The van der Waals surface area contributed by atoms with E-state index in [-0.39, 0.29) is 18.3 Å². The molecule has 158 valence electrons. The van der Waals surface area contributed by atoms with Gasteiger partial charge in [0.15, 0.2) is 16.7 Å². The second-order valence-corrected chi connectivity index (χ2v) is 7.41. The fourth-order valence-electron chi connectivity index (χ4n) is 2.48. The molecule has 1 amide bonds. The molecular formula is C19H26N4O5S. The van der Waals surface area contributed by atoms with E-state index in [0.717, 1.165) is 5.56 Å². The lowest BCUT2D eigenvalue weighted by molar-refractivity contribution is -0.142. The SMILES string of the molecule is CCOC(=O)Cc1nnc(S[C@@H](C)C(=O)NCc2ccc(OC)c(OC)c2)n1C. The van der Waals surface area contributed by atoms with E-state index in [4.69, 9.17) is 14.2 Å². The minimum atomic E-state index is -0.395. The summed E-state index contributed by atoms with van der Waals surface area (Å²) < 4.78 is 17.1. The third kappa shape index (κ3) is 6.11. The first-order valence-electron chi connectivity index (χ1n) is 9.08. The van der Waals surface area contributed by atoms with Gasteiger partial charge < -0.3 is 24.1 Å². The quantitative estimate of drug-likeness (QED) is 0.456. The zero-order chi connectivity index (χ0) is 21.4. The van der Waals surface area contributed by atoms with Gasteiger partial charge in [-0.1, -0.05) is 17.8 Å². The summed E-state index contributed by atoms with van der Waals surface area (Å²) in [7, 11) is 4.89. The van der Waals surface area contributed by atoms with Crippen molar-refractivity contribution < 1.29 is 23.8 Å². The molecule has 1 aromatic heterocycles. The molecule has 0 saturated carbocycles. The van der Waals surface area contributed by atoms with Crippen LogP contribution in [0.2, 0.25) is 0 Å². The summed E-state index contributed by atoms with van der Waals surface area (Å²) in [4.78, 5) is 24.1. The van der Waals surface area contributed by atoms with Gasteiger partial charge in [0.25, 0.3) is 0 Å². The zero-order valence-corrected chi connectivity index (χ0v) is 18.0. The van der Waals surface area contributed by atoms with Gasteiger partial charge in [0.05, 0.1) is 26.1 Å². The normalized spacial score (nSPS) is 11.6. The predicted molar refractivity (Wildman–Crippen MR) is 108 cm³/mol. The molecule has 0 aliphatic carbocycles. The highest BCUT2D eigenvalue weighted by Gasteiger charge is 2.20. The summed E-state index contributed by atoms with van der Waals surface area (Å²) in [6, 6.07) is 5.48. The number of methoxy groups -OCH3 is 2. The maximum absolute atomic E-state index is 12.5. The fourth-order valence-corrected chi connectivity index (χ4v) is 3.34. The van der Waals surface area contributed by atoms with Crippen LogP contribution in [0.1, 0.15) is 25.2 Å². The topological polar surface area (TPSA) is 105 Å². The van der Waals surface area contributed by atoms with E-state index in [1.807, 2.05) is 12.1 Å². The van der Waals surface area contributed by atoms with E-state index < -0.39 is 5.25 Å². The Morgan fingerprint density at radius 3 is 2.59 bits per heavy atom. The van der Waals surface area contributed by atoms with E-state index >= 15 is 0 Å². The number of benzene rings is 1. The van der Waals surface area contributed by atoms with Crippen LogP contribution in [0.3, 0.4) is 0 Å². The van der Waals surface area contributed by atoms with Crippen molar-refractivity contribution in [2.24, 2.45) is 7.05 Å². The highest BCUT2D eigenvalue weighted by atomic mass is 32.2. The van der Waals surface area contributed by atoms with Gasteiger partial charge in [-0.3, -0.25) is 9.59 Å². The zero-order valence-electron chi connectivity index (χ0n) is 17.2. The van der Waals surface area contributed by atoms with Crippen LogP contribution in [0.15, 0.2) is 23.4 Å². The molecule has 0 spiro atoms. The molecule has 0 aliphatic heterocycles. The summed E-state index contributed by atoms with van der Waals surface area (Å²) in [6.45, 7) is 4.21. The summed E-state index contributed by atoms with van der Waals surface area (Å²) >= 11 is 1.27. The third-order valence-corrected chi connectivity index (χ3v) is 5.23. The molecule has 0 saturated heterocycles. The van der Waals surface area contributed by atoms with Crippen molar-refractivity contribution >= 4 is 23.6 Å². The summed E-state index contributed by atoms with van der Waals surface area (Å²) in [6.07, 6.45) is 0.0395. The number of hydrogen-bond acceptors (Lipinski definition) is 8. The first-order valence-corrected chi connectivity index (χ1v) is 9.96. The van der Waals surface area contributed by atoms with Crippen LogP contribution in [0.25, 0.3) is 0 Å². The average molecular weight is 423 g/mol. The number of nitrogens with zero attached hydrogens (tertiary/aromatic N) is 3. The van der Waals surface area contributed by atoms with Crippen LogP contribution in [0.5, 0.6) is 11.5 Å². The lowest BCUT2D eigenvalue weighted by Gasteiger charge is -2.13. The first-order chi connectivity index (χ1) is 13.9. The molecule has 0 fully saturated rings. The molecule has 0 aliphatic rings. The number of nitrogens with one attached hydrogen (secondary N) is 1. The Morgan fingerprint density at radius 1 is 1.21 bits per heavy atom. The number of thioether (sulfide) groups is 1. The van der Waals surface area contributed by atoms with Crippen molar-refractivity contribution in [3.63, 3.8) is 0 Å². The average Bonchev–Trinajstić information content (AvgIpc) is 3.05. The second-order valence-electron chi connectivity index (χ2n) is 6.11. The second kappa shape index (κ2) is 10.7. The van der Waals surface area contributed by atoms with Gasteiger partial charge >= 0.3 is 5.97 Å². The van der Waals surface area contributed by atoms with Crippen LogP contribution in [0.4, 0.5) is 0 Å². The first kappa shape index (κ1) is 22.5. The molecule has 1 N–H and O–H groups in total. The smallest absolute Gasteiger partial charge is 0.313 e. The summed E-state index contributed by atoms with van der Waals surface area (Å²) in [5.41, 5.74) is 0.892. The Hall–Kier alpha value is -2.75. The largest absolute Gasteiger partial charge is 0.493 e. The van der Waals surface area contributed by atoms with E-state index in [1.165, 1.54) is 11.8 Å². The minimum absolute atomic E-state index is 0.0395. The molecule has 0 bridgehead atoms. The minimum Gasteiger partial charge on any atom is -0.493 e. The molecule has 0 radical (unpaired) electrons. The van der Waals surface area contributed by atoms with E-state index in [9.17, 15) is 9.59 Å². The van der Waals surface area contributed by atoms with Crippen LogP contribution in [-0.4, -0.2) is 52.7 Å². The predicted octanol–water partition coefficient (Wildman–Crippen LogP) is 1.73. The van der Waals surface area contributed by atoms with Gasteiger partial charge in [0, 0.05) is 13.6 Å². The maximum atomic E-state index is 12.5. The van der Waals surface area contributed by atoms with Gasteiger partial charge in [-0.05, 0) is 31.5 Å². The van der Waals surface area contributed by atoms with Crippen LogP contribution in [0, 0.1) is 0 Å². The molecule has 10 heteroatoms. The van der Waals surface area contributed by atoms with Crippen molar-refractivity contribution in [1.29, 1.82) is 0 Å². The Balaban J connectivity index is 1.92. The van der Waals surface area contributed by atoms with Crippen molar-refractivity contribution in [2.45, 2.75) is 37.2 Å². The molecule has 1 heterocycles. The Labute approximate surface area is 174 Å². The third-order valence-electron chi connectivity index (χ3n) is 4.10. The number of esters is 1. The van der Waals surface area contributed by atoms with Gasteiger partial charge in [0.2, 0.25) is 5.91 Å². The number of aromatic nitrogens is 3. The van der Waals surface area contributed by atoms with Crippen LogP contribution < -0.4 is 14.8 Å². The van der Waals surface area contributed by atoms with Crippen LogP contribution >= 0.6 is 11.8 Å². The molecule has 2 aromatic rings. The van der Waals surface area contributed by atoms with Gasteiger partial charge in [-0.15, -0.1) is 10.2 Å². The summed E-state index contributed by atoms with van der Waals surface area (Å²) in [5, 5.41) is 11.1. The number of hydrogen-bond donors (Lipinski definition) is 1. The number of amides is 1. The fraction of sp³-hybridized carbons (Fsp3) is 0.474. The maximum Gasteiger partial charge on any atom is 0.313 e. The molecule has 29 heavy (non-hydrogen) atoms.